The van der Waals surface area contributed by atoms with E-state index in [-0.39, 0.29) is 5.91 Å². The Hall–Kier alpha value is -3.86. The van der Waals surface area contributed by atoms with Gasteiger partial charge in [-0.15, -0.1) is 0 Å². The SMILES string of the molecule is O=C1/C(=C\c2ccc(OCc3ccccc3Cl)c(Cl)c2)C(c2ccccc2)=NN1c1ccccc1. The van der Waals surface area contributed by atoms with E-state index < -0.39 is 0 Å². The number of hydrogen-bond acceptors (Lipinski definition) is 3. The first-order valence-electron chi connectivity index (χ1n) is 11.0. The number of hydrazone groups is 1. The summed E-state index contributed by atoms with van der Waals surface area (Å²) in [6.07, 6.45) is 1.81. The average Bonchev–Trinajstić information content (AvgIpc) is 3.21. The van der Waals surface area contributed by atoms with Crippen molar-refractivity contribution in [2.75, 3.05) is 5.01 Å². The van der Waals surface area contributed by atoms with Gasteiger partial charge in [-0.2, -0.15) is 10.1 Å². The lowest BCUT2D eigenvalue weighted by Gasteiger charge is -2.11. The third-order valence-electron chi connectivity index (χ3n) is 5.53. The number of anilines is 1. The summed E-state index contributed by atoms with van der Waals surface area (Å²) >= 11 is 12.7. The van der Waals surface area contributed by atoms with Gasteiger partial charge in [-0.05, 0) is 42.0 Å². The molecule has 35 heavy (non-hydrogen) atoms. The molecule has 4 aromatic rings. The van der Waals surface area contributed by atoms with E-state index in [1.807, 2.05) is 91.0 Å². The summed E-state index contributed by atoms with van der Waals surface area (Å²) < 4.78 is 5.88. The minimum absolute atomic E-state index is 0.203. The van der Waals surface area contributed by atoms with E-state index in [1.54, 1.807) is 18.2 Å². The summed E-state index contributed by atoms with van der Waals surface area (Å²) in [5, 5.41) is 7.17. The topological polar surface area (TPSA) is 41.9 Å². The first kappa shape index (κ1) is 22.9. The second kappa shape index (κ2) is 10.2. The smallest absolute Gasteiger partial charge is 0.281 e. The Morgan fingerprint density at radius 2 is 1.49 bits per heavy atom. The van der Waals surface area contributed by atoms with Crippen LogP contribution in [0.15, 0.2) is 114 Å². The van der Waals surface area contributed by atoms with Gasteiger partial charge in [0, 0.05) is 16.1 Å². The van der Waals surface area contributed by atoms with E-state index in [4.69, 9.17) is 27.9 Å². The van der Waals surface area contributed by atoms with Crippen molar-refractivity contribution in [3.8, 4) is 5.75 Å². The van der Waals surface area contributed by atoms with Crippen molar-refractivity contribution in [2.45, 2.75) is 6.61 Å². The number of benzene rings is 4. The van der Waals surface area contributed by atoms with Gasteiger partial charge in [0.2, 0.25) is 0 Å². The standard InChI is InChI=1S/C29H20Cl2N2O2/c30-25-14-8-7-11-22(25)19-35-27-16-15-20(18-26(27)31)17-24-28(21-9-3-1-4-10-21)32-33(29(24)34)23-12-5-2-6-13-23/h1-18H,19H2/b24-17-. The first-order valence-corrected chi connectivity index (χ1v) is 11.8. The minimum atomic E-state index is -0.203. The molecular formula is C29H20Cl2N2O2. The number of ether oxygens (including phenoxy) is 1. The van der Waals surface area contributed by atoms with Crippen LogP contribution in [0, 0.1) is 0 Å². The fourth-order valence-electron chi connectivity index (χ4n) is 3.76. The molecule has 1 amide bonds. The predicted molar refractivity (Wildman–Crippen MR) is 142 cm³/mol. The van der Waals surface area contributed by atoms with E-state index >= 15 is 0 Å². The summed E-state index contributed by atoms with van der Waals surface area (Å²) in [4.78, 5) is 13.4. The normalized spacial score (nSPS) is 14.3. The number of para-hydroxylation sites is 1. The maximum atomic E-state index is 13.4. The molecule has 1 aliphatic heterocycles. The zero-order chi connectivity index (χ0) is 24.2. The number of nitrogens with zero attached hydrogens (tertiary/aromatic N) is 2. The lowest BCUT2D eigenvalue weighted by molar-refractivity contribution is -0.114. The number of hydrogen-bond donors (Lipinski definition) is 0. The molecule has 1 aliphatic rings. The Kier molecular flexibility index (Phi) is 6.66. The van der Waals surface area contributed by atoms with Crippen molar-refractivity contribution in [1.82, 2.24) is 0 Å². The second-order valence-corrected chi connectivity index (χ2v) is 8.71. The summed E-state index contributed by atoms with van der Waals surface area (Å²) in [5.74, 6) is 0.333. The van der Waals surface area contributed by atoms with Crippen molar-refractivity contribution in [3.63, 3.8) is 0 Å². The molecule has 5 rings (SSSR count). The van der Waals surface area contributed by atoms with Crippen LogP contribution in [0.4, 0.5) is 5.69 Å². The largest absolute Gasteiger partial charge is 0.487 e. The van der Waals surface area contributed by atoms with Gasteiger partial charge in [-0.3, -0.25) is 4.79 Å². The van der Waals surface area contributed by atoms with Gasteiger partial charge in [0.25, 0.3) is 5.91 Å². The highest BCUT2D eigenvalue weighted by atomic mass is 35.5. The van der Waals surface area contributed by atoms with E-state index in [0.29, 0.717) is 39.4 Å². The van der Waals surface area contributed by atoms with Crippen LogP contribution in [0.25, 0.3) is 6.08 Å². The van der Waals surface area contributed by atoms with Gasteiger partial charge in [-0.1, -0.05) is 96.0 Å². The summed E-state index contributed by atoms with van der Waals surface area (Å²) in [6.45, 7) is 0.301. The zero-order valence-electron chi connectivity index (χ0n) is 18.6. The van der Waals surface area contributed by atoms with E-state index in [0.717, 1.165) is 16.7 Å². The van der Waals surface area contributed by atoms with Gasteiger partial charge in [0.05, 0.1) is 16.3 Å². The van der Waals surface area contributed by atoms with Crippen LogP contribution in [0.5, 0.6) is 5.75 Å². The van der Waals surface area contributed by atoms with E-state index in [2.05, 4.69) is 5.10 Å². The van der Waals surface area contributed by atoms with Crippen molar-refractivity contribution < 1.29 is 9.53 Å². The van der Waals surface area contributed by atoms with Crippen LogP contribution < -0.4 is 9.75 Å². The van der Waals surface area contributed by atoms with Gasteiger partial charge in [0.1, 0.15) is 18.1 Å². The van der Waals surface area contributed by atoms with Gasteiger partial charge in [0.15, 0.2) is 0 Å². The summed E-state index contributed by atoms with van der Waals surface area (Å²) in [7, 11) is 0. The molecule has 0 bridgehead atoms. The first-order chi connectivity index (χ1) is 17.1. The molecule has 0 unspecified atom stereocenters. The van der Waals surface area contributed by atoms with Crippen LogP contribution in [0.1, 0.15) is 16.7 Å². The minimum Gasteiger partial charge on any atom is -0.487 e. The molecule has 0 aliphatic carbocycles. The molecule has 0 radical (unpaired) electrons. The van der Waals surface area contributed by atoms with Crippen molar-refractivity contribution in [1.29, 1.82) is 0 Å². The third-order valence-corrected chi connectivity index (χ3v) is 6.20. The van der Waals surface area contributed by atoms with Crippen molar-refractivity contribution in [3.05, 3.63) is 135 Å². The van der Waals surface area contributed by atoms with Gasteiger partial charge >= 0.3 is 0 Å². The molecule has 172 valence electrons. The molecule has 0 aromatic heterocycles. The number of amides is 1. The monoisotopic (exact) mass is 498 g/mol. The Balaban J connectivity index is 1.45. The predicted octanol–water partition coefficient (Wildman–Crippen LogP) is 7.41. The highest BCUT2D eigenvalue weighted by Crippen LogP contribution is 2.31. The fourth-order valence-corrected chi connectivity index (χ4v) is 4.19. The Morgan fingerprint density at radius 3 is 2.20 bits per heavy atom. The number of rotatable bonds is 6. The maximum absolute atomic E-state index is 13.4. The lowest BCUT2D eigenvalue weighted by atomic mass is 10.0. The number of halogens is 2. The van der Waals surface area contributed by atoms with E-state index in [1.165, 1.54) is 5.01 Å². The Labute approximate surface area is 213 Å². The highest BCUT2D eigenvalue weighted by molar-refractivity contribution is 6.37. The third kappa shape index (κ3) is 4.99. The lowest BCUT2D eigenvalue weighted by Crippen LogP contribution is -2.21. The Bertz CT molecular complexity index is 1430. The molecule has 0 saturated heterocycles. The van der Waals surface area contributed by atoms with Crippen LogP contribution in [0.2, 0.25) is 10.0 Å². The molecule has 0 atom stereocenters. The maximum Gasteiger partial charge on any atom is 0.281 e. The molecule has 0 saturated carbocycles. The van der Waals surface area contributed by atoms with Crippen molar-refractivity contribution >= 4 is 46.6 Å². The summed E-state index contributed by atoms with van der Waals surface area (Å²) in [5.41, 5.74) is 4.29. The van der Waals surface area contributed by atoms with Crippen LogP contribution in [-0.4, -0.2) is 11.6 Å². The quantitative estimate of drug-likeness (QED) is 0.259. The number of carbonyl (C=O) groups is 1. The van der Waals surface area contributed by atoms with Crippen LogP contribution in [-0.2, 0) is 11.4 Å². The molecule has 6 heteroatoms. The van der Waals surface area contributed by atoms with Crippen molar-refractivity contribution in [2.24, 2.45) is 5.10 Å². The highest BCUT2D eigenvalue weighted by Gasteiger charge is 2.31. The number of carbonyl (C=O) groups excluding carboxylic acids is 1. The average molecular weight is 499 g/mol. The molecule has 0 N–H and O–H groups in total. The molecular weight excluding hydrogens is 479 g/mol. The molecule has 4 nitrogen and oxygen atoms in total. The van der Waals surface area contributed by atoms with Gasteiger partial charge < -0.3 is 4.74 Å². The van der Waals surface area contributed by atoms with Crippen LogP contribution >= 0.6 is 23.2 Å². The molecule has 0 spiro atoms. The van der Waals surface area contributed by atoms with Gasteiger partial charge in [-0.25, -0.2) is 0 Å². The Morgan fingerprint density at radius 1 is 0.800 bits per heavy atom. The van der Waals surface area contributed by atoms with Crippen LogP contribution in [0.3, 0.4) is 0 Å². The molecule has 4 aromatic carbocycles. The summed E-state index contributed by atoms with van der Waals surface area (Å²) in [6, 6.07) is 32.0. The second-order valence-electron chi connectivity index (χ2n) is 7.90. The molecule has 0 fully saturated rings. The zero-order valence-corrected chi connectivity index (χ0v) is 20.1. The molecule has 1 heterocycles. The fraction of sp³-hybridized carbons (Fsp3) is 0.0345. The van der Waals surface area contributed by atoms with E-state index in [9.17, 15) is 4.79 Å².